The molecule has 1 amide bonds. The van der Waals surface area contributed by atoms with Gasteiger partial charge in [0.05, 0.1) is 6.54 Å². The van der Waals surface area contributed by atoms with Crippen LogP contribution in [0.15, 0.2) is 15.4 Å². The number of nitrogens with zero attached hydrogens (tertiary/aromatic N) is 2. The van der Waals surface area contributed by atoms with Gasteiger partial charge >= 0.3 is 5.97 Å². The monoisotopic (exact) mass is 387 g/mol. The molecule has 146 valence electrons. The van der Waals surface area contributed by atoms with Crippen molar-refractivity contribution in [3.05, 3.63) is 17.6 Å². The average Bonchev–Trinajstić information content (AvgIpc) is 2.90. The van der Waals surface area contributed by atoms with Crippen LogP contribution < -0.4 is 5.32 Å². The normalized spacial score (nSPS) is 20.2. The molecule has 10 heteroatoms. The van der Waals surface area contributed by atoms with Crippen LogP contribution in [-0.2, 0) is 14.8 Å². The van der Waals surface area contributed by atoms with Gasteiger partial charge in [-0.3, -0.25) is 14.5 Å². The Hall–Kier alpha value is -1.91. The topological polar surface area (TPSA) is 120 Å². The van der Waals surface area contributed by atoms with Gasteiger partial charge in [-0.25, -0.2) is 12.7 Å². The second-order valence-electron chi connectivity index (χ2n) is 6.57. The number of carboxylic acid groups (broad SMARTS) is 1. The van der Waals surface area contributed by atoms with Gasteiger partial charge < -0.3 is 14.8 Å². The Kier molecular flexibility index (Phi) is 6.09. The summed E-state index contributed by atoms with van der Waals surface area (Å²) in [7, 11) is -0.859. The molecule has 0 bridgehead atoms. The van der Waals surface area contributed by atoms with Crippen LogP contribution in [0.5, 0.6) is 0 Å². The number of carbonyl (C=O) groups is 2. The summed E-state index contributed by atoms with van der Waals surface area (Å²) in [4.78, 5) is 25.0. The van der Waals surface area contributed by atoms with Crippen molar-refractivity contribution in [2.45, 2.75) is 43.7 Å². The van der Waals surface area contributed by atoms with Gasteiger partial charge in [0.2, 0.25) is 10.0 Å². The summed E-state index contributed by atoms with van der Waals surface area (Å²) < 4.78 is 30.8. The van der Waals surface area contributed by atoms with Crippen LogP contribution >= 0.6 is 0 Å². The summed E-state index contributed by atoms with van der Waals surface area (Å²) >= 11 is 0. The number of hydrogen-bond donors (Lipinski definition) is 2. The van der Waals surface area contributed by atoms with Crippen LogP contribution in [0.25, 0.3) is 0 Å². The molecule has 1 heterocycles. The van der Waals surface area contributed by atoms with E-state index in [9.17, 15) is 18.0 Å². The van der Waals surface area contributed by atoms with Gasteiger partial charge in [0, 0.05) is 32.2 Å². The Morgan fingerprint density at radius 1 is 1.35 bits per heavy atom. The van der Waals surface area contributed by atoms with Crippen molar-refractivity contribution in [1.29, 1.82) is 0 Å². The van der Waals surface area contributed by atoms with E-state index in [-0.39, 0.29) is 35.0 Å². The van der Waals surface area contributed by atoms with E-state index in [4.69, 9.17) is 9.52 Å². The third-order valence-corrected chi connectivity index (χ3v) is 6.49. The molecule has 1 aromatic rings. The zero-order valence-electron chi connectivity index (χ0n) is 15.4. The molecular formula is C16H25N3O6S. The smallest absolute Gasteiger partial charge is 0.317 e. The highest BCUT2D eigenvalue weighted by molar-refractivity contribution is 7.89. The highest BCUT2D eigenvalue weighted by Gasteiger charge is 2.35. The zero-order valence-corrected chi connectivity index (χ0v) is 16.2. The van der Waals surface area contributed by atoms with Gasteiger partial charge in [0.15, 0.2) is 5.76 Å². The van der Waals surface area contributed by atoms with Crippen LogP contribution in [0.1, 0.15) is 36.1 Å². The number of rotatable bonds is 8. The van der Waals surface area contributed by atoms with Crippen LogP contribution in [0.4, 0.5) is 0 Å². The first-order valence-corrected chi connectivity index (χ1v) is 9.79. The maximum absolute atomic E-state index is 12.3. The SMILES string of the molecule is CCN(CC(=O)O)C1CC(NC(=O)c2cc(S(=O)(=O)N(C)C)c(C)o2)C1. The third kappa shape index (κ3) is 4.25. The number of sulfonamides is 1. The molecule has 1 aliphatic rings. The van der Waals surface area contributed by atoms with Crippen LogP contribution in [0.2, 0.25) is 0 Å². The number of likely N-dealkylation sites (N-methyl/N-ethyl adjacent to an activating group) is 1. The summed E-state index contributed by atoms with van der Waals surface area (Å²) in [6.45, 7) is 4.00. The molecule has 0 unspecified atom stereocenters. The van der Waals surface area contributed by atoms with Crippen LogP contribution in [0, 0.1) is 6.92 Å². The van der Waals surface area contributed by atoms with E-state index < -0.39 is 21.9 Å². The first-order chi connectivity index (χ1) is 12.1. The van der Waals surface area contributed by atoms with E-state index in [1.54, 1.807) is 0 Å². The number of aliphatic carboxylic acids is 1. The summed E-state index contributed by atoms with van der Waals surface area (Å²) in [5.74, 6) is -1.24. The Morgan fingerprint density at radius 3 is 2.46 bits per heavy atom. The second-order valence-corrected chi connectivity index (χ2v) is 8.69. The quantitative estimate of drug-likeness (QED) is 0.666. The lowest BCUT2D eigenvalue weighted by Crippen LogP contribution is -2.54. The highest BCUT2D eigenvalue weighted by atomic mass is 32.2. The number of furan rings is 1. The van der Waals surface area contributed by atoms with Crippen molar-refractivity contribution < 1.29 is 27.5 Å². The largest absolute Gasteiger partial charge is 0.480 e. The number of carbonyl (C=O) groups excluding carboxylic acids is 1. The lowest BCUT2D eigenvalue weighted by Gasteiger charge is -2.42. The van der Waals surface area contributed by atoms with Gasteiger partial charge in [-0.15, -0.1) is 0 Å². The zero-order chi connectivity index (χ0) is 19.6. The Morgan fingerprint density at radius 2 is 1.96 bits per heavy atom. The molecule has 0 radical (unpaired) electrons. The molecule has 26 heavy (non-hydrogen) atoms. The summed E-state index contributed by atoms with van der Waals surface area (Å²) in [6, 6.07) is 1.26. The van der Waals surface area contributed by atoms with Crippen molar-refractivity contribution in [1.82, 2.24) is 14.5 Å². The van der Waals surface area contributed by atoms with Crippen molar-refractivity contribution in [3.8, 4) is 0 Å². The first kappa shape index (κ1) is 20.4. The van der Waals surface area contributed by atoms with E-state index in [0.717, 1.165) is 4.31 Å². The van der Waals surface area contributed by atoms with Gasteiger partial charge in [-0.1, -0.05) is 6.92 Å². The average molecular weight is 387 g/mol. The minimum absolute atomic E-state index is 0.0229. The molecule has 1 aliphatic carbocycles. The lowest BCUT2D eigenvalue weighted by molar-refractivity contribution is -0.139. The number of amides is 1. The maximum Gasteiger partial charge on any atom is 0.317 e. The van der Waals surface area contributed by atoms with Gasteiger partial charge in [0.1, 0.15) is 10.7 Å². The molecule has 2 rings (SSSR count). The van der Waals surface area contributed by atoms with Crippen LogP contribution in [-0.4, -0.2) is 73.9 Å². The molecule has 0 aliphatic heterocycles. The van der Waals surface area contributed by atoms with E-state index in [1.165, 1.54) is 27.1 Å². The molecule has 0 spiro atoms. The molecule has 0 atom stereocenters. The molecule has 0 aromatic carbocycles. The standard InChI is InChI=1S/C16H25N3O6S/c1-5-19(9-15(20)21)12-6-11(7-12)17-16(22)13-8-14(10(2)25-13)26(23,24)18(3)4/h8,11-12H,5-7,9H2,1-4H3,(H,17,22)(H,20,21). The fraction of sp³-hybridized carbons (Fsp3) is 0.625. The summed E-state index contributed by atoms with van der Waals surface area (Å²) in [5.41, 5.74) is 0. The minimum Gasteiger partial charge on any atom is -0.480 e. The third-order valence-electron chi connectivity index (χ3n) is 4.56. The lowest BCUT2D eigenvalue weighted by atomic mass is 9.85. The Bertz CT molecular complexity index is 780. The number of hydrogen-bond acceptors (Lipinski definition) is 6. The fourth-order valence-electron chi connectivity index (χ4n) is 2.96. The molecule has 2 N–H and O–H groups in total. The van der Waals surface area contributed by atoms with Crippen molar-refractivity contribution >= 4 is 21.9 Å². The van der Waals surface area contributed by atoms with Crippen LogP contribution in [0.3, 0.4) is 0 Å². The molecule has 1 fully saturated rings. The maximum atomic E-state index is 12.3. The molecular weight excluding hydrogens is 362 g/mol. The Balaban J connectivity index is 1.97. The summed E-state index contributed by atoms with van der Waals surface area (Å²) in [6.07, 6.45) is 1.30. The number of aryl methyl sites for hydroxylation is 1. The van der Waals surface area contributed by atoms with Crippen molar-refractivity contribution in [2.75, 3.05) is 27.2 Å². The van der Waals surface area contributed by atoms with Crippen molar-refractivity contribution in [3.63, 3.8) is 0 Å². The van der Waals surface area contributed by atoms with Gasteiger partial charge in [-0.2, -0.15) is 0 Å². The van der Waals surface area contributed by atoms with E-state index >= 15 is 0 Å². The van der Waals surface area contributed by atoms with Crippen molar-refractivity contribution in [2.24, 2.45) is 0 Å². The highest BCUT2D eigenvalue weighted by Crippen LogP contribution is 2.27. The Labute approximate surface area is 153 Å². The molecule has 0 saturated heterocycles. The van der Waals surface area contributed by atoms with E-state index in [2.05, 4.69) is 5.32 Å². The van der Waals surface area contributed by atoms with E-state index in [1.807, 2.05) is 11.8 Å². The van der Waals surface area contributed by atoms with Gasteiger partial charge in [-0.05, 0) is 26.3 Å². The molecule has 1 aromatic heterocycles. The van der Waals surface area contributed by atoms with Gasteiger partial charge in [0.25, 0.3) is 5.91 Å². The number of carboxylic acids is 1. The predicted molar refractivity (Wildman–Crippen MR) is 93.5 cm³/mol. The second kappa shape index (κ2) is 7.77. The summed E-state index contributed by atoms with van der Waals surface area (Å²) in [5, 5.41) is 11.7. The van der Waals surface area contributed by atoms with E-state index in [0.29, 0.717) is 19.4 Å². The minimum atomic E-state index is -3.68. The fourth-order valence-corrected chi connectivity index (χ4v) is 4.02. The predicted octanol–water partition coefficient (Wildman–Crippen LogP) is 0.506. The first-order valence-electron chi connectivity index (χ1n) is 8.35. The molecule has 9 nitrogen and oxygen atoms in total. The molecule has 1 saturated carbocycles. The number of nitrogens with one attached hydrogen (secondary N) is 1.